The maximum atomic E-state index is 13.8. The minimum Gasteiger partial charge on any atom is -0.343 e. The van der Waals surface area contributed by atoms with Crippen LogP contribution >= 0.6 is 11.6 Å². The smallest absolute Gasteiger partial charge is 0.263 e. The van der Waals surface area contributed by atoms with Gasteiger partial charge in [0, 0.05) is 16.3 Å². The highest BCUT2D eigenvalue weighted by atomic mass is 35.5. The predicted molar refractivity (Wildman–Crippen MR) is 75.6 cm³/mol. The highest BCUT2D eigenvalue weighted by Crippen LogP contribution is 2.19. The van der Waals surface area contributed by atoms with E-state index in [4.69, 9.17) is 11.6 Å². The SMILES string of the molecule is Cc1cc2c(=O)n(Cc3c(F)cccc3Cl)cnc2[nH]1. The van der Waals surface area contributed by atoms with Crippen LogP contribution in [-0.2, 0) is 6.54 Å². The maximum Gasteiger partial charge on any atom is 0.263 e. The van der Waals surface area contributed by atoms with E-state index < -0.39 is 5.82 Å². The van der Waals surface area contributed by atoms with Gasteiger partial charge in [-0.25, -0.2) is 9.37 Å². The average Bonchev–Trinajstić information content (AvgIpc) is 2.78. The van der Waals surface area contributed by atoms with Crippen LogP contribution in [0, 0.1) is 12.7 Å². The number of fused-ring (bicyclic) bond motifs is 1. The molecule has 0 amide bonds. The van der Waals surface area contributed by atoms with Gasteiger partial charge in [0.15, 0.2) is 0 Å². The topological polar surface area (TPSA) is 50.7 Å². The first-order valence-corrected chi connectivity index (χ1v) is 6.41. The third-order valence-electron chi connectivity index (χ3n) is 3.14. The molecule has 0 radical (unpaired) electrons. The summed E-state index contributed by atoms with van der Waals surface area (Å²) in [6, 6.07) is 6.17. The van der Waals surface area contributed by atoms with Crippen molar-refractivity contribution in [2.75, 3.05) is 0 Å². The molecule has 102 valence electrons. The summed E-state index contributed by atoms with van der Waals surface area (Å²) in [5, 5.41) is 0.778. The number of benzene rings is 1. The third-order valence-corrected chi connectivity index (χ3v) is 3.49. The van der Waals surface area contributed by atoms with E-state index >= 15 is 0 Å². The Hall–Kier alpha value is -2.14. The second-order valence-electron chi connectivity index (χ2n) is 4.59. The predicted octanol–water partition coefficient (Wildman–Crippen LogP) is 2.87. The summed E-state index contributed by atoms with van der Waals surface area (Å²) in [6.45, 7) is 1.90. The van der Waals surface area contributed by atoms with Gasteiger partial charge in [0.05, 0.1) is 11.9 Å². The van der Waals surface area contributed by atoms with Gasteiger partial charge < -0.3 is 4.98 Å². The van der Waals surface area contributed by atoms with Gasteiger partial charge in [-0.2, -0.15) is 0 Å². The van der Waals surface area contributed by atoms with Crippen LogP contribution in [0.5, 0.6) is 0 Å². The molecule has 0 bridgehead atoms. The van der Waals surface area contributed by atoms with E-state index in [-0.39, 0.29) is 17.7 Å². The summed E-state index contributed by atoms with van der Waals surface area (Å²) < 4.78 is 15.1. The van der Waals surface area contributed by atoms with Gasteiger partial charge in [-0.1, -0.05) is 17.7 Å². The Morgan fingerprint density at radius 2 is 2.25 bits per heavy atom. The van der Waals surface area contributed by atoms with Gasteiger partial charge in [-0.05, 0) is 25.1 Å². The van der Waals surface area contributed by atoms with Gasteiger partial charge in [0.25, 0.3) is 5.56 Å². The third kappa shape index (κ3) is 2.10. The number of nitrogens with zero attached hydrogens (tertiary/aromatic N) is 2. The molecular weight excluding hydrogens is 281 g/mol. The Balaban J connectivity index is 2.12. The minimum atomic E-state index is -0.435. The van der Waals surface area contributed by atoms with Crippen LogP contribution in [0.4, 0.5) is 4.39 Å². The van der Waals surface area contributed by atoms with Crippen molar-refractivity contribution in [3.8, 4) is 0 Å². The van der Waals surface area contributed by atoms with E-state index in [2.05, 4.69) is 9.97 Å². The Morgan fingerprint density at radius 1 is 1.45 bits per heavy atom. The van der Waals surface area contributed by atoms with Gasteiger partial charge in [0.2, 0.25) is 0 Å². The van der Waals surface area contributed by atoms with E-state index in [9.17, 15) is 9.18 Å². The lowest BCUT2D eigenvalue weighted by Crippen LogP contribution is -2.21. The first-order chi connectivity index (χ1) is 9.56. The molecule has 0 atom stereocenters. The van der Waals surface area contributed by atoms with Crippen LogP contribution in [0.15, 0.2) is 35.4 Å². The second-order valence-corrected chi connectivity index (χ2v) is 5.00. The minimum absolute atomic E-state index is 0.0531. The van der Waals surface area contributed by atoms with Crippen LogP contribution in [0.2, 0.25) is 5.02 Å². The molecule has 20 heavy (non-hydrogen) atoms. The lowest BCUT2D eigenvalue weighted by atomic mass is 10.2. The molecule has 1 aromatic carbocycles. The number of rotatable bonds is 2. The van der Waals surface area contributed by atoms with Gasteiger partial charge in [-0.3, -0.25) is 9.36 Å². The summed E-state index contributed by atoms with van der Waals surface area (Å²) in [4.78, 5) is 19.5. The van der Waals surface area contributed by atoms with Crippen molar-refractivity contribution in [2.24, 2.45) is 0 Å². The summed E-state index contributed by atoms with van der Waals surface area (Å²) in [6.07, 6.45) is 1.39. The van der Waals surface area contributed by atoms with Crippen molar-refractivity contribution in [3.05, 3.63) is 63.0 Å². The molecular formula is C14H11ClFN3O. The average molecular weight is 292 g/mol. The molecule has 3 aromatic rings. The number of aryl methyl sites for hydroxylation is 1. The number of halogens is 2. The quantitative estimate of drug-likeness (QED) is 0.789. The van der Waals surface area contributed by atoms with E-state index in [0.717, 1.165) is 5.69 Å². The first-order valence-electron chi connectivity index (χ1n) is 6.04. The maximum absolute atomic E-state index is 13.8. The molecule has 0 aliphatic rings. The number of hydrogen-bond donors (Lipinski definition) is 1. The fraction of sp³-hybridized carbons (Fsp3) is 0.143. The molecule has 2 heterocycles. The van der Waals surface area contributed by atoms with Gasteiger partial charge in [0.1, 0.15) is 17.8 Å². The number of nitrogens with one attached hydrogen (secondary N) is 1. The van der Waals surface area contributed by atoms with Crippen LogP contribution in [0.25, 0.3) is 11.0 Å². The number of aromatic nitrogens is 3. The second kappa shape index (κ2) is 4.76. The van der Waals surface area contributed by atoms with Gasteiger partial charge in [-0.15, -0.1) is 0 Å². The van der Waals surface area contributed by atoms with E-state index in [1.165, 1.54) is 23.0 Å². The fourth-order valence-electron chi connectivity index (χ4n) is 2.14. The van der Waals surface area contributed by atoms with Crippen molar-refractivity contribution >= 4 is 22.6 Å². The number of aromatic amines is 1. The van der Waals surface area contributed by atoms with Crippen molar-refractivity contribution in [2.45, 2.75) is 13.5 Å². The van der Waals surface area contributed by atoms with Crippen LogP contribution in [0.1, 0.15) is 11.3 Å². The van der Waals surface area contributed by atoms with Crippen molar-refractivity contribution in [1.82, 2.24) is 14.5 Å². The molecule has 1 N–H and O–H groups in total. The molecule has 0 aliphatic carbocycles. The zero-order valence-corrected chi connectivity index (χ0v) is 11.4. The molecule has 6 heteroatoms. The molecule has 0 fully saturated rings. The Morgan fingerprint density at radius 3 is 3.00 bits per heavy atom. The number of hydrogen-bond acceptors (Lipinski definition) is 2. The van der Waals surface area contributed by atoms with Crippen LogP contribution < -0.4 is 5.56 Å². The Labute approximate surface area is 118 Å². The van der Waals surface area contributed by atoms with Crippen LogP contribution in [-0.4, -0.2) is 14.5 Å². The Bertz CT molecular complexity index is 833. The van der Waals surface area contributed by atoms with E-state index in [0.29, 0.717) is 16.1 Å². The summed E-state index contributed by atoms with van der Waals surface area (Å²) in [7, 11) is 0. The summed E-state index contributed by atoms with van der Waals surface area (Å²) in [5.41, 5.74) is 1.44. The molecule has 0 saturated heterocycles. The van der Waals surface area contributed by atoms with Crippen molar-refractivity contribution < 1.29 is 4.39 Å². The zero-order valence-electron chi connectivity index (χ0n) is 10.7. The molecule has 3 rings (SSSR count). The van der Waals surface area contributed by atoms with Crippen molar-refractivity contribution in [3.63, 3.8) is 0 Å². The molecule has 0 spiro atoms. The molecule has 4 nitrogen and oxygen atoms in total. The highest BCUT2D eigenvalue weighted by molar-refractivity contribution is 6.31. The van der Waals surface area contributed by atoms with E-state index in [1.54, 1.807) is 12.1 Å². The van der Waals surface area contributed by atoms with Crippen molar-refractivity contribution in [1.29, 1.82) is 0 Å². The lowest BCUT2D eigenvalue weighted by molar-refractivity contribution is 0.595. The Kier molecular flexibility index (Phi) is 3.06. The monoisotopic (exact) mass is 291 g/mol. The molecule has 2 aromatic heterocycles. The first kappa shape index (κ1) is 12.9. The zero-order chi connectivity index (χ0) is 14.3. The summed E-state index contributed by atoms with van der Waals surface area (Å²) in [5.74, 6) is -0.435. The standard InChI is InChI=1S/C14H11ClFN3O/c1-8-5-9-13(18-8)17-7-19(14(9)20)6-10-11(15)3-2-4-12(10)16/h2-5,7,18H,6H2,1H3. The fourth-order valence-corrected chi connectivity index (χ4v) is 2.36. The number of H-pyrrole nitrogens is 1. The largest absolute Gasteiger partial charge is 0.343 e. The molecule has 0 saturated carbocycles. The van der Waals surface area contributed by atoms with Crippen LogP contribution in [0.3, 0.4) is 0 Å². The lowest BCUT2D eigenvalue weighted by Gasteiger charge is -2.08. The van der Waals surface area contributed by atoms with Gasteiger partial charge >= 0.3 is 0 Å². The molecule has 0 unspecified atom stereocenters. The molecule has 0 aliphatic heterocycles. The highest BCUT2D eigenvalue weighted by Gasteiger charge is 2.11. The summed E-state index contributed by atoms with van der Waals surface area (Å²) >= 11 is 5.97. The van der Waals surface area contributed by atoms with E-state index in [1.807, 2.05) is 6.92 Å². The normalized spacial score (nSPS) is 11.2.